The summed E-state index contributed by atoms with van der Waals surface area (Å²) in [5.41, 5.74) is 7.29. The Labute approximate surface area is 111 Å². The molecule has 3 atom stereocenters. The van der Waals surface area contributed by atoms with Gasteiger partial charge in [0.1, 0.15) is 0 Å². The van der Waals surface area contributed by atoms with Gasteiger partial charge in [-0.05, 0) is 56.0 Å². The van der Waals surface area contributed by atoms with Crippen molar-refractivity contribution in [2.24, 2.45) is 30.5 Å². The first kappa shape index (κ1) is 13.6. The van der Waals surface area contributed by atoms with Crippen LogP contribution >= 0.6 is 0 Å². The fraction of sp³-hybridized carbons (Fsp3) is 0.800. The van der Waals surface area contributed by atoms with Crippen molar-refractivity contribution >= 4 is 0 Å². The molecule has 3 unspecified atom stereocenters. The van der Waals surface area contributed by atoms with Gasteiger partial charge in [-0.1, -0.05) is 19.8 Å². The second-order valence-electron chi connectivity index (χ2n) is 5.83. The predicted molar refractivity (Wildman–Crippen MR) is 75.2 cm³/mol. The Morgan fingerprint density at radius 3 is 2.83 bits per heavy atom. The Bertz CT molecular complexity index is 358. The van der Waals surface area contributed by atoms with Crippen LogP contribution in [0.25, 0.3) is 0 Å². The van der Waals surface area contributed by atoms with E-state index in [4.69, 9.17) is 5.73 Å². The van der Waals surface area contributed by atoms with E-state index in [1.165, 1.54) is 37.8 Å². The number of nitrogens with two attached hydrogens (primary N) is 1. The average Bonchev–Trinajstić information content (AvgIpc) is 2.81. The van der Waals surface area contributed by atoms with Gasteiger partial charge >= 0.3 is 0 Å². The van der Waals surface area contributed by atoms with Crippen LogP contribution in [0.5, 0.6) is 0 Å². The van der Waals surface area contributed by atoms with E-state index in [2.05, 4.69) is 18.1 Å². The topological polar surface area (TPSA) is 43.8 Å². The van der Waals surface area contributed by atoms with E-state index in [1.807, 2.05) is 17.9 Å². The molecule has 1 saturated carbocycles. The second kappa shape index (κ2) is 6.37. The number of hydrogen-bond donors (Lipinski definition) is 1. The number of aromatic nitrogens is 2. The van der Waals surface area contributed by atoms with Crippen molar-refractivity contribution in [3.05, 3.63) is 18.0 Å². The summed E-state index contributed by atoms with van der Waals surface area (Å²) in [5, 5.41) is 4.24. The van der Waals surface area contributed by atoms with Crippen LogP contribution in [0.15, 0.2) is 12.3 Å². The van der Waals surface area contributed by atoms with Crippen LogP contribution in [0.2, 0.25) is 0 Å². The summed E-state index contributed by atoms with van der Waals surface area (Å²) in [6.07, 6.45) is 9.76. The first-order valence-corrected chi connectivity index (χ1v) is 7.41. The minimum absolute atomic E-state index is 0.751. The molecule has 3 heteroatoms. The Morgan fingerprint density at radius 1 is 1.39 bits per heavy atom. The molecule has 0 spiro atoms. The molecule has 3 nitrogen and oxygen atoms in total. The van der Waals surface area contributed by atoms with Crippen molar-refractivity contribution in [3.63, 3.8) is 0 Å². The van der Waals surface area contributed by atoms with Gasteiger partial charge in [0, 0.05) is 18.9 Å². The summed E-state index contributed by atoms with van der Waals surface area (Å²) < 4.78 is 2.00. The molecule has 1 aliphatic carbocycles. The molecule has 102 valence electrons. The molecule has 1 fully saturated rings. The molecule has 0 aromatic carbocycles. The SMILES string of the molecule is CCC1CCC(CN)C(CCc2ccnn2C)C1. The molecule has 1 aromatic heterocycles. The fourth-order valence-corrected chi connectivity index (χ4v) is 3.44. The smallest absolute Gasteiger partial charge is 0.0492 e. The van der Waals surface area contributed by atoms with Gasteiger partial charge in [-0.15, -0.1) is 0 Å². The van der Waals surface area contributed by atoms with Gasteiger partial charge in [0.15, 0.2) is 0 Å². The zero-order chi connectivity index (χ0) is 13.0. The minimum Gasteiger partial charge on any atom is -0.330 e. The molecule has 0 amide bonds. The highest BCUT2D eigenvalue weighted by Gasteiger charge is 2.28. The van der Waals surface area contributed by atoms with Gasteiger partial charge in [-0.3, -0.25) is 4.68 Å². The van der Waals surface area contributed by atoms with Crippen LogP contribution in [0, 0.1) is 17.8 Å². The van der Waals surface area contributed by atoms with E-state index in [0.717, 1.165) is 30.7 Å². The van der Waals surface area contributed by atoms with Crippen LogP contribution in [0.1, 0.15) is 44.7 Å². The van der Waals surface area contributed by atoms with Gasteiger partial charge in [0.05, 0.1) is 0 Å². The first-order chi connectivity index (χ1) is 8.74. The summed E-state index contributed by atoms with van der Waals surface area (Å²) in [4.78, 5) is 0. The van der Waals surface area contributed by atoms with Crippen molar-refractivity contribution in [2.75, 3.05) is 6.54 Å². The van der Waals surface area contributed by atoms with E-state index in [-0.39, 0.29) is 0 Å². The third kappa shape index (κ3) is 3.14. The van der Waals surface area contributed by atoms with Crippen LogP contribution in [0.3, 0.4) is 0 Å². The summed E-state index contributed by atoms with van der Waals surface area (Å²) in [6, 6.07) is 2.14. The van der Waals surface area contributed by atoms with Gasteiger partial charge in [0.2, 0.25) is 0 Å². The Hall–Kier alpha value is -0.830. The lowest BCUT2D eigenvalue weighted by molar-refractivity contribution is 0.171. The molecule has 0 bridgehead atoms. The third-order valence-electron chi connectivity index (χ3n) is 4.82. The van der Waals surface area contributed by atoms with Crippen LogP contribution in [-0.2, 0) is 13.5 Å². The van der Waals surface area contributed by atoms with E-state index in [9.17, 15) is 0 Å². The third-order valence-corrected chi connectivity index (χ3v) is 4.82. The molecule has 0 radical (unpaired) electrons. The average molecular weight is 249 g/mol. The van der Waals surface area contributed by atoms with Crippen molar-refractivity contribution in [1.82, 2.24) is 9.78 Å². The van der Waals surface area contributed by atoms with E-state index in [0.29, 0.717) is 0 Å². The highest BCUT2D eigenvalue weighted by molar-refractivity contribution is 5.00. The quantitative estimate of drug-likeness (QED) is 0.872. The normalized spacial score (nSPS) is 28.5. The summed E-state index contributed by atoms with van der Waals surface area (Å²) >= 11 is 0. The molecule has 1 heterocycles. The van der Waals surface area contributed by atoms with Gasteiger partial charge in [-0.25, -0.2) is 0 Å². The molecule has 1 aromatic rings. The monoisotopic (exact) mass is 249 g/mol. The molecular weight excluding hydrogens is 222 g/mol. The van der Waals surface area contributed by atoms with Gasteiger partial charge in [-0.2, -0.15) is 5.10 Å². The summed E-state index contributed by atoms with van der Waals surface area (Å²) in [5.74, 6) is 2.51. The Balaban J connectivity index is 1.90. The second-order valence-corrected chi connectivity index (χ2v) is 5.83. The Kier molecular flexibility index (Phi) is 4.81. The first-order valence-electron chi connectivity index (χ1n) is 7.41. The van der Waals surface area contributed by atoms with Crippen LogP contribution in [0.4, 0.5) is 0 Å². The molecule has 2 N–H and O–H groups in total. The van der Waals surface area contributed by atoms with E-state index >= 15 is 0 Å². The Morgan fingerprint density at radius 2 is 2.22 bits per heavy atom. The van der Waals surface area contributed by atoms with Crippen molar-refractivity contribution in [2.45, 2.75) is 45.4 Å². The number of nitrogens with zero attached hydrogens (tertiary/aromatic N) is 2. The maximum absolute atomic E-state index is 5.94. The molecule has 18 heavy (non-hydrogen) atoms. The fourth-order valence-electron chi connectivity index (χ4n) is 3.44. The number of hydrogen-bond acceptors (Lipinski definition) is 2. The summed E-state index contributed by atoms with van der Waals surface area (Å²) in [7, 11) is 2.03. The molecule has 0 saturated heterocycles. The molecule has 2 rings (SSSR count). The molecule has 0 aliphatic heterocycles. The number of rotatable bonds is 5. The molecule has 1 aliphatic rings. The largest absolute Gasteiger partial charge is 0.330 e. The lowest BCUT2D eigenvalue weighted by Gasteiger charge is -2.35. The van der Waals surface area contributed by atoms with Crippen molar-refractivity contribution < 1.29 is 0 Å². The molecular formula is C15H27N3. The lowest BCUT2D eigenvalue weighted by Crippen LogP contribution is -2.30. The van der Waals surface area contributed by atoms with Crippen LogP contribution < -0.4 is 5.73 Å². The van der Waals surface area contributed by atoms with Crippen molar-refractivity contribution in [3.8, 4) is 0 Å². The van der Waals surface area contributed by atoms with Crippen LogP contribution in [-0.4, -0.2) is 16.3 Å². The number of aryl methyl sites for hydroxylation is 2. The minimum atomic E-state index is 0.751. The standard InChI is InChI=1S/C15H27N3/c1-3-12-4-5-14(11-16)13(10-12)6-7-15-8-9-17-18(15)2/h8-9,12-14H,3-7,10-11,16H2,1-2H3. The van der Waals surface area contributed by atoms with E-state index in [1.54, 1.807) is 0 Å². The maximum Gasteiger partial charge on any atom is 0.0492 e. The zero-order valence-electron chi connectivity index (χ0n) is 11.8. The highest BCUT2D eigenvalue weighted by Crippen LogP contribution is 2.37. The maximum atomic E-state index is 5.94. The highest BCUT2D eigenvalue weighted by atomic mass is 15.2. The van der Waals surface area contributed by atoms with Crippen molar-refractivity contribution in [1.29, 1.82) is 0 Å². The summed E-state index contributed by atoms with van der Waals surface area (Å²) in [6.45, 7) is 3.19. The zero-order valence-corrected chi connectivity index (χ0v) is 11.8. The van der Waals surface area contributed by atoms with E-state index < -0.39 is 0 Å². The van der Waals surface area contributed by atoms with Gasteiger partial charge < -0.3 is 5.73 Å². The lowest BCUT2D eigenvalue weighted by atomic mass is 9.71. The van der Waals surface area contributed by atoms with Gasteiger partial charge in [0.25, 0.3) is 0 Å². The predicted octanol–water partition coefficient (Wildman–Crippen LogP) is 2.75.